The molecule has 0 saturated heterocycles. The van der Waals surface area contributed by atoms with Gasteiger partial charge in [-0.15, -0.1) is 0 Å². The molecule has 0 aliphatic heterocycles. The van der Waals surface area contributed by atoms with Crippen molar-refractivity contribution in [2.24, 2.45) is 0 Å². The van der Waals surface area contributed by atoms with Gasteiger partial charge in [-0.3, -0.25) is 14.6 Å². The number of carbonyl (C=O) groups is 2. The van der Waals surface area contributed by atoms with Gasteiger partial charge in [0.15, 0.2) is 0 Å². The Labute approximate surface area is 162 Å². The normalized spacial score (nSPS) is 11.5. The topological polar surface area (TPSA) is 62.3 Å². The molecule has 0 fully saturated rings. The molecule has 1 heterocycles. The molecule has 1 N–H and O–H groups in total. The van der Waals surface area contributed by atoms with Gasteiger partial charge in [-0.25, -0.2) is 4.39 Å². The summed E-state index contributed by atoms with van der Waals surface area (Å²) in [7, 11) is 1.69. The first-order valence-corrected chi connectivity index (χ1v) is 8.80. The van der Waals surface area contributed by atoms with Crippen LogP contribution in [-0.2, 0) is 0 Å². The maximum Gasteiger partial charge on any atom is 0.257 e. The Morgan fingerprint density at radius 3 is 2.43 bits per heavy atom. The molecule has 1 aromatic heterocycles. The summed E-state index contributed by atoms with van der Waals surface area (Å²) in [6.45, 7) is 1.87. The van der Waals surface area contributed by atoms with Gasteiger partial charge in [0.1, 0.15) is 5.82 Å². The van der Waals surface area contributed by atoms with Crippen molar-refractivity contribution in [1.29, 1.82) is 0 Å². The Balaban J connectivity index is 1.74. The minimum Gasteiger partial charge on any atom is -0.335 e. The van der Waals surface area contributed by atoms with E-state index in [-0.39, 0.29) is 23.7 Å². The zero-order valence-electron chi connectivity index (χ0n) is 15.6. The van der Waals surface area contributed by atoms with Gasteiger partial charge in [0.25, 0.3) is 11.8 Å². The molecule has 3 aromatic rings. The summed E-state index contributed by atoms with van der Waals surface area (Å²) < 4.78 is 13.1. The average Bonchev–Trinajstić information content (AvgIpc) is 2.73. The summed E-state index contributed by atoms with van der Waals surface area (Å²) in [5.74, 6) is -0.818. The first-order valence-electron chi connectivity index (χ1n) is 8.80. The molecule has 0 aliphatic rings. The highest BCUT2D eigenvalue weighted by atomic mass is 19.1. The average molecular weight is 377 g/mol. The first kappa shape index (κ1) is 19.2. The van der Waals surface area contributed by atoms with Crippen LogP contribution in [0.4, 0.5) is 10.1 Å². The van der Waals surface area contributed by atoms with Crippen LogP contribution < -0.4 is 5.32 Å². The predicted molar refractivity (Wildman–Crippen MR) is 106 cm³/mol. The lowest BCUT2D eigenvalue weighted by molar-refractivity contribution is 0.0742. The largest absolute Gasteiger partial charge is 0.335 e. The monoisotopic (exact) mass is 377 g/mol. The summed E-state index contributed by atoms with van der Waals surface area (Å²) in [6.07, 6.45) is 3.07. The minimum absolute atomic E-state index is 0.200. The van der Waals surface area contributed by atoms with E-state index in [1.54, 1.807) is 66.7 Å². The lowest BCUT2D eigenvalue weighted by Crippen LogP contribution is -2.29. The lowest BCUT2D eigenvalue weighted by atomic mass is 10.1. The van der Waals surface area contributed by atoms with E-state index in [0.717, 1.165) is 5.56 Å². The van der Waals surface area contributed by atoms with Crippen molar-refractivity contribution >= 4 is 17.5 Å². The third-order valence-electron chi connectivity index (χ3n) is 4.54. The van der Waals surface area contributed by atoms with Crippen LogP contribution in [0.1, 0.15) is 39.2 Å². The lowest BCUT2D eigenvalue weighted by Gasteiger charge is -2.25. The van der Waals surface area contributed by atoms with Crippen LogP contribution in [0.2, 0.25) is 0 Å². The Hall–Kier alpha value is -3.54. The van der Waals surface area contributed by atoms with Gasteiger partial charge in [0, 0.05) is 30.7 Å². The maximum atomic E-state index is 13.1. The van der Waals surface area contributed by atoms with E-state index < -0.39 is 0 Å². The number of nitrogens with zero attached hydrogens (tertiary/aromatic N) is 2. The molecule has 6 heteroatoms. The molecule has 2 amide bonds. The SMILES string of the molecule is C[C@@H](c1ccc(F)cc1)N(C)C(=O)c1cccc(NC(=O)c2cccnc2)c1. The summed E-state index contributed by atoms with van der Waals surface area (Å²) in [5.41, 5.74) is 2.22. The van der Waals surface area contributed by atoms with Crippen molar-refractivity contribution < 1.29 is 14.0 Å². The van der Waals surface area contributed by atoms with Gasteiger partial charge in [0.05, 0.1) is 11.6 Å². The predicted octanol–water partition coefficient (Wildman–Crippen LogP) is 4.31. The summed E-state index contributed by atoms with van der Waals surface area (Å²) in [4.78, 5) is 30.6. The van der Waals surface area contributed by atoms with Crippen molar-refractivity contribution in [3.63, 3.8) is 0 Å². The minimum atomic E-state index is -0.318. The zero-order valence-corrected chi connectivity index (χ0v) is 15.6. The van der Waals surface area contributed by atoms with Gasteiger partial charge < -0.3 is 10.2 Å². The second-order valence-corrected chi connectivity index (χ2v) is 6.42. The van der Waals surface area contributed by atoms with Crippen molar-refractivity contribution in [1.82, 2.24) is 9.88 Å². The number of hydrogen-bond acceptors (Lipinski definition) is 3. The van der Waals surface area contributed by atoms with E-state index >= 15 is 0 Å². The molecule has 1 atom stereocenters. The molecular weight excluding hydrogens is 357 g/mol. The van der Waals surface area contributed by atoms with E-state index in [4.69, 9.17) is 0 Å². The molecule has 0 saturated carbocycles. The molecule has 0 spiro atoms. The quantitative estimate of drug-likeness (QED) is 0.721. The van der Waals surface area contributed by atoms with Crippen molar-refractivity contribution in [3.05, 3.63) is 95.6 Å². The van der Waals surface area contributed by atoms with Crippen molar-refractivity contribution in [3.8, 4) is 0 Å². The standard InChI is InChI=1S/C22H20FN3O2/c1-15(16-8-10-19(23)11-9-16)26(2)22(28)17-5-3-7-20(13-17)25-21(27)18-6-4-12-24-14-18/h3-15H,1-2H3,(H,25,27)/t15-/m0/s1. The number of pyridine rings is 1. The van der Waals surface area contributed by atoms with Gasteiger partial charge in [-0.1, -0.05) is 18.2 Å². The second-order valence-electron chi connectivity index (χ2n) is 6.42. The molecule has 0 bridgehead atoms. The Morgan fingerprint density at radius 2 is 1.75 bits per heavy atom. The molecular formula is C22H20FN3O2. The molecule has 0 aliphatic carbocycles. The van der Waals surface area contributed by atoms with Crippen LogP contribution in [0.15, 0.2) is 73.1 Å². The van der Waals surface area contributed by atoms with Crippen molar-refractivity contribution in [2.45, 2.75) is 13.0 Å². The van der Waals surface area contributed by atoms with Crippen LogP contribution in [-0.4, -0.2) is 28.7 Å². The number of nitrogens with one attached hydrogen (secondary N) is 1. The Morgan fingerprint density at radius 1 is 1.04 bits per heavy atom. The third kappa shape index (κ3) is 4.40. The number of hydrogen-bond donors (Lipinski definition) is 1. The Bertz CT molecular complexity index is 975. The fourth-order valence-corrected chi connectivity index (χ4v) is 2.77. The summed E-state index contributed by atoms with van der Waals surface area (Å²) in [6, 6.07) is 15.9. The fraction of sp³-hybridized carbons (Fsp3) is 0.136. The van der Waals surface area contributed by atoms with E-state index in [9.17, 15) is 14.0 Å². The summed E-state index contributed by atoms with van der Waals surface area (Å²) in [5, 5.41) is 2.77. The fourth-order valence-electron chi connectivity index (χ4n) is 2.77. The van der Waals surface area contributed by atoms with Gasteiger partial charge in [-0.2, -0.15) is 0 Å². The number of rotatable bonds is 5. The second kappa shape index (κ2) is 8.43. The molecule has 0 radical (unpaired) electrons. The van der Waals surface area contributed by atoms with E-state index in [2.05, 4.69) is 10.3 Å². The molecule has 3 rings (SSSR count). The molecule has 142 valence electrons. The highest BCUT2D eigenvalue weighted by molar-refractivity contribution is 6.04. The van der Waals surface area contributed by atoms with E-state index in [1.165, 1.54) is 18.3 Å². The highest BCUT2D eigenvalue weighted by Gasteiger charge is 2.19. The number of aromatic nitrogens is 1. The van der Waals surface area contributed by atoms with E-state index in [1.807, 2.05) is 6.92 Å². The van der Waals surface area contributed by atoms with Gasteiger partial charge in [-0.05, 0) is 55.0 Å². The van der Waals surface area contributed by atoms with Crippen LogP contribution in [0.25, 0.3) is 0 Å². The summed E-state index contributed by atoms with van der Waals surface area (Å²) >= 11 is 0. The maximum absolute atomic E-state index is 13.1. The van der Waals surface area contributed by atoms with Crippen LogP contribution >= 0.6 is 0 Å². The van der Waals surface area contributed by atoms with E-state index in [0.29, 0.717) is 16.8 Å². The van der Waals surface area contributed by atoms with Crippen LogP contribution in [0.3, 0.4) is 0 Å². The van der Waals surface area contributed by atoms with Crippen LogP contribution in [0, 0.1) is 5.82 Å². The number of carbonyl (C=O) groups excluding carboxylic acids is 2. The Kier molecular flexibility index (Phi) is 5.79. The molecule has 5 nitrogen and oxygen atoms in total. The number of halogens is 1. The van der Waals surface area contributed by atoms with Crippen molar-refractivity contribution in [2.75, 3.05) is 12.4 Å². The highest BCUT2D eigenvalue weighted by Crippen LogP contribution is 2.22. The van der Waals surface area contributed by atoms with Gasteiger partial charge in [0.2, 0.25) is 0 Å². The molecule has 28 heavy (non-hydrogen) atoms. The third-order valence-corrected chi connectivity index (χ3v) is 4.54. The smallest absolute Gasteiger partial charge is 0.257 e. The number of anilines is 1. The number of amides is 2. The van der Waals surface area contributed by atoms with Crippen LogP contribution in [0.5, 0.6) is 0 Å². The first-order chi connectivity index (χ1) is 13.5. The zero-order chi connectivity index (χ0) is 20.1. The number of benzene rings is 2. The molecule has 0 unspecified atom stereocenters. The van der Waals surface area contributed by atoms with Gasteiger partial charge >= 0.3 is 0 Å². The molecule has 2 aromatic carbocycles.